The van der Waals surface area contributed by atoms with E-state index in [9.17, 15) is 0 Å². The molecular weight excluding hydrogens is 351 g/mol. The van der Waals surface area contributed by atoms with Gasteiger partial charge in [0.05, 0.1) is 17.8 Å². The lowest BCUT2D eigenvalue weighted by atomic mass is 10.0. The van der Waals surface area contributed by atoms with Crippen molar-refractivity contribution in [2.75, 3.05) is 0 Å². The summed E-state index contributed by atoms with van der Waals surface area (Å²) in [5.74, 6) is 1.84. The molecule has 2 nitrogen and oxygen atoms in total. The van der Waals surface area contributed by atoms with Gasteiger partial charge in [0, 0.05) is 0 Å². The van der Waals surface area contributed by atoms with E-state index >= 15 is 0 Å². The maximum Gasteiger partial charge on any atom is 0.131 e. The Hall–Kier alpha value is -1.53. The van der Waals surface area contributed by atoms with Gasteiger partial charge >= 0.3 is 0 Å². The molecule has 2 aromatic rings. The van der Waals surface area contributed by atoms with E-state index in [4.69, 9.17) is 9.47 Å². The molecule has 1 unspecified atom stereocenters. The first kappa shape index (κ1) is 20.2. The molecule has 2 aromatic carbocycles. The summed E-state index contributed by atoms with van der Waals surface area (Å²) in [6.07, 6.45) is 7.17. The molecule has 1 fully saturated rings. The average Bonchev–Trinajstić information content (AvgIpc) is 2.63. The summed E-state index contributed by atoms with van der Waals surface area (Å²) in [5, 5.41) is 1.44. The van der Waals surface area contributed by atoms with Crippen LogP contribution in [0, 0.1) is 0 Å². The first-order valence-electron chi connectivity index (χ1n) is 10.4. The topological polar surface area (TPSA) is 18.5 Å². The lowest BCUT2D eigenvalue weighted by Gasteiger charge is -2.25. The Kier molecular flexibility index (Phi) is 7.19. The van der Waals surface area contributed by atoms with Gasteiger partial charge in [-0.3, -0.25) is 0 Å². The van der Waals surface area contributed by atoms with Crippen molar-refractivity contribution in [3.8, 4) is 22.6 Å². The molecular formula is C24H33O2P. The van der Waals surface area contributed by atoms with Crippen LogP contribution in [-0.4, -0.2) is 17.9 Å². The molecule has 27 heavy (non-hydrogen) atoms. The van der Waals surface area contributed by atoms with E-state index in [2.05, 4.69) is 64.1 Å². The van der Waals surface area contributed by atoms with Crippen molar-refractivity contribution < 1.29 is 9.47 Å². The molecule has 0 aromatic heterocycles. The van der Waals surface area contributed by atoms with Crippen LogP contribution in [0.2, 0.25) is 0 Å². The van der Waals surface area contributed by atoms with E-state index in [0.717, 1.165) is 31.3 Å². The van der Waals surface area contributed by atoms with Gasteiger partial charge in [0.25, 0.3) is 0 Å². The first-order valence-corrected chi connectivity index (χ1v) is 11.4. The summed E-state index contributed by atoms with van der Waals surface area (Å²) in [5.41, 5.74) is 3.21. The Morgan fingerprint density at radius 2 is 1.37 bits per heavy atom. The number of ether oxygens (including phenoxy) is 2. The quantitative estimate of drug-likeness (QED) is 0.503. The van der Waals surface area contributed by atoms with Gasteiger partial charge in [-0.25, -0.2) is 0 Å². The van der Waals surface area contributed by atoms with Crippen molar-refractivity contribution in [3.63, 3.8) is 0 Å². The smallest absolute Gasteiger partial charge is 0.131 e. The van der Waals surface area contributed by atoms with Crippen LogP contribution in [0.1, 0.15) is 59.8 Å². The van der Waals surface area contributed by atoms with Gasteiger partial charge in [-0.15, -0.1) is 0 Å². The van der Waals surface area contributed by atoms with Crippen LogP contribution >= 0.6 is 8.58 Å². The number of hydrogen-bond donors (Lipinski definition) is 0. The van der Waals surface area contributed by atoms with Crippen LogP contribution in [-0.2, 0) is 0 Å². The minimum absolute atomic E-state index is 0.131. The molecule has 0 amide bonds. The second-order valence-electron chi connectivity index (χ2n) is 7.99. The Balaban J connectivity index is 2.03. The lowest BCUT2D eigenvalue weighted by Crippen LogP contribution is -2.14. The molecule has 3 heteroatoms. The third-order valence-electron chi connectivity index (χ3n) is 4.87. The Labute approximate surface area is 166 Å². The fraction of sp³-hybridized carbons (Fsp3) is 0.500. The summed E-state index contributed by atoms with van der Waals surface area (Å²) < 4.78 is 12.4. The van der Waals surface area contributed by atoms with E-state index in [1.807, 2.05) is 6.07 Å². The Morgan fingerprint density at radius 1 is 0.778 bits per heavy atom. The number of benzene rings is 2. The molecule has 0 radical (unpaired) electrons. The minimum Gasteiger partial charge on any atom is -0.490 e. The average molecular weight is 385 g/mol. The second kappa shape index (κ2) is 9.60. The van der Waals surface area contributed by atoms with E-state index in [0.29, 0.717) is 0 Å². The highest BCUT2D eigenvalue weighted by Gasteiger charge is 2.20. The summed E-state index contributed by atoms with van der Waals surface area (Å²) in [6, 6.07) is 15.0. The van der Waals surface area contributed by atoms with E-state index in [-0.39, 0.29) is 12.2 Å². The van der Waals surface area contributed by atoms with E-state index in [1.165, 1.54) is 43.0 Å². The van der Waals surface area contributed by atoms with E-state index < -0.39 is 0 Å². The monoisotopic (exact) mass is 384 g/mol. The van der Waals surface area contributed by atoms with Crippen LogP contribution in [0.25, 0.3) is 11.1 Å². The van der Waals surface area contributed by atoms with Gasteiger partial charge in [-0.05, 0) is 69.2 Å². The second-order valence-corrected chi connectivity index (χ2v) is 9.63. The zero-order chi connectivity index (χ0) is 19.2. The minimum atomic E-state index is 0.131. The Morgan fingerprint density at radius 3 is 1.96 bits per heavy atom. The van der Waals surface area contributed by atoms with Crippen LogP contribution in [0.3, 0.4) is 0 Å². The van der Waals surface area contributed by atoms with Crippen molar-refractivity contribution in [1.82, 2.24) is 0 Å². The van der Waals surface area contributed by atoms with Gasteiger partial charge in [-0.1, -0.05) is 58.2 Å². The molecule has 1 aliphatic carbocycles. The summed E-state index contributed by atoms with van der Waals surface area (Å²) in [7, 11) is 0.851. The summed E-state index contributed by atoms with van der Waals surface area (Å²) in [6.45, 7) is 8.32. The Bertz CT molecular complexity index is 705. The van der Waals surface area contributed by atoms with Crippen molar-refractivity contribution in [3.05, 3.63) is 42.5 Å². The summed E-state index contributed by atoms with van der Waals surface area (Å²) >= 11 is 0. The van der Waals surface area contributed by atoms with Gasteiger partial charge < -0.3 is 9.47 Å². The molecule has 0 N–H and O–H groups in total. The van der Waals surface area contributed by atoms with Crippen LogP contribution in [0.15, 0.2) is 42.5 Å². The number of rotatable bonds is 7. The summed E-state index contributed by atoms with van der Waals surface area (Å²) in [4.78, 5) is 0. The SMILES string of the molecule is CC(C)Oc1cccc(OC(C)C)c1-c1ccccc1PC1CCCCC1. The van der Waals surface area contributed by atoms with Gasteiger partial charge in [0.15, 0.2) is 0 Å². The van der Waals surface area contributed by atoms with Crippen LogP contribution in [0.5, 0.6) is 11.5 Å². The van der Waals surface area contributed by atoms with Gasteiger partial charge in [-0.2, -0.15) is 0 Å². The molecule has 0 aliphatic heterocycles. The maximum absolute atomic E-state index is 6.19. The number of hydrogen-bond acceptors (Lipinski definition) is 2. The maximum atomic E-state index is 6.19. The molecule has 1 aliphatic rings. The van der Waals surface area contributed by atoms with Crippen LogP contribution in [0.4, 0.5) is 0 Å². The van der Waals surface area contributed by atoms with Gasteiger partial charge in [0.1, 0.15) is 11.5 Å². The van der Waals surface area contributed by atoms with Gasteiger partial charge in [0.2, 0.25) is 0 Å². The molecule has 146 valence electrons. The highest BCUT2D eigenvalue weighted by molar-refractivity contribution is 7.48. The molecule has 0 spiro atoms. The highest BCUT2D eigenvalue weighted by Crippen LogP contribution is 2.42. The molecule has 1 saturated carbocycles. The standard InChI is InChI=1S/C24H33O2P/c1-17(2)25-21-14-10-15-22(26-18(3)4)24(21)20-13-8-9-16-23(20)27-19-11-6-5-7-12-19/h8-10,13-19,27H,5-7,11-12H2,1-4H3. The van der Waals surface area contributed by atoms with Crippen molar-refractivity contribution in [1.29, 1.82) is 0 Å². The molecule has 3 rings (SSSR count). The third-order valence-corrected chi connectivity index (χ3v) is 6.61. The molecule has 0 heterocycles. The van der Waals surface area contributed by atoms with Crippen LogP contribution < -0.4 is 14.8 Å². The zero-order valence-corrected chi connectivity index (χ0v) is 18.1. The molecule has 1 atom stereocenters. The van der Waals surface area contributed by atoms with Crippen molar-refractivity contribution in [2.24, 2.45) is 0 Å². The lowest BCUT2D eigenvalue weighted by molar-refractivity contribution is 0.231. The fourth-order valence-corrected chi connectivity index (χ4v) is 5.47. The zero-order valence-electron chi connectivity index (χ0n) is 17.1. The van der Waals surface area contributed by atoms with Crippen molar-refractivity contribution >= 4 is 13.9 Å². The molecule has 0 bridgehead atoms. The van der Waals surface area contributed by atoms with E-state index in [1.54, 1.807) is 0 Å². The van der Waals surface area contributed by atoms with Crippen molar-refractivity contribution in [2.45, 2.75) is 77.7 Å². The largest absolute Gasteiger partial charge is 0.490 e. The highest BCUT2D eigenvalue weighted by atomic mass is 31.1. The normalized spacial score (nSPS) is 15.8. The molecule has 0 saturated heterocycles. The third kappa shape index (κ3) is 5.48. The fourth-order valence-electron chi connectivity index (χ4n) is 3.77. The predicted molar refractivity (Wildman–Crippen MR) is 118 cm³/mol. The first-order chi connectivity index (χ1) is 13.0. The predicted octanol–water partition coefficient (Wildman–Crippen LogP) is 6.56.